The van der Waals surface area contributed by atoms with Gasteiger partial charge in [-0.25, -0.2) is 13.6 Å². The minimum atomic E-state index is -0.281. The highest BCUT2D eigenvalue weighted by Gasteiger charge is 2.30. The Morgan fingerprint density at radius 3 is 1.84 bits per heavy atom. The van der Waals surface area contributed by atoms with Crippen LogP contribution in [0.2, 0.25) is 0 Å². The zero-order valence-electron chi connectivity index (χ0n) is 17.9. The van der Waals surface area contributed by atoms with Gasteiger partial charge < -0.3 is 15.0 Å². The third kappa shape index (κ3) is 5.07. The number of likely N-dealkylation sites (tertiary alicyclic amines) is 1. The molecule has 1 aliphatic heterocycles. The van der Waals surface area contributed by atoms with Crippen molar-refractivity contribution in [1.29, 1.82) is 0 Å². The SMILES string of the molecule is COc1ccc(NC(=O)N2CCC(C(c3ccc(F)cc3)c3ccc(F)cc3)CC2)cc1. The fourth-order valence-electron chi connectivity index (χ4n) is 4.39. The molecular formula is C26H26F2N2O2. The van der Waals surface area contributed by atoms with Crippen molar-refractivity contribution in [1.82, 2.24) is 4.90 Å². The molecule has 32 heavy (non-hydrogen) atoms. The fourth-order valence-corrected chi connectivity index (χ4v) is 4.39. The molecule has 0 bridgehead atoms. The van der Waals surface area contributed by atoms with Gasteiger partial charge in [-0.2, -0.15) is 0 Å². The first-order valence-corrected chi connectivity index (χ1v) is 10.7. The second-order valence-electron chi connectivity index (χ2n) is 8.06. The van der Waals surface area contributed by atoms with E-state index < -0.39 is 0 Å². The molecule has 0 aromatic heterocycles. The van der Waals surface area contributed by atoms with E-state index in [4.69, 9.17) is 4.74 Å². The number of anilines is 1. The summed E-state index contributed by atoms with van der Waals surface area (Å²) >= 11 is 0. The summed E-state index contributed by atoms with van der Waals surface area (Å²) in [5, 5.41) is 2.93. The Morgan fingerprint density at radius 2 is 1.38 bits per heavy atom. The molecule has 1 N–H and O–H groups in total. The number of halogens is 2. The Morgan fingerprint density at radius 1 is 0.875 bits per heavy atom. The van der Waals surface area contributed by atoms with Crippen LogP contribution in [-0.2, 0) is 0 Å². The largest absolute Gasteiger partial charge is 0.497 e. The van der Waals surface area contributed by atoms with Crippen molar-refractivity contribution in [2.24, 2.45) is 5.92 Å². The molecule has 1 saturated heterocycles. The summed E-state index contributed by atoms with van der Waals surface area (Å²) in [7, 11) is 1.60. The number of rotatable bonds is 5. The summed E-state index contributed by atoms with van der Waals surface area (Å²) in [6, 6.07) is 20.1. The standard InChI is InChI=1S/C26H26F2N2O2/c1-32-24-12-10-23(11-13-24)29-26(31)30-16-14-20(15-17-30)25(18-2-6-21(27)7-3-18)19-4-8-22(28)9-5-19/h2-13,20,25H,14-17H2,1H3,(H,29,31). The average Bonchev–Trinajstić information content (AvgIpc) is 2.82. The maximum Gasteiger partial charge on any atom is 0.321 e. The quantitative estimate of drug-likeness (QED) is 0.529. The molecule has 0 unspecified atom stereocenters. The molecule has 4 rings (SSSR count). The zero-order valence-corrected chi connectivity index (χ0v) is 17.9. The second-order valence-corrected chi connectivity index (χ2v) is 8.06. The maximum absolute atomic E-state index is 13.5. The molecule has 2 amide bonds. The van der Waals surface area contributed by atoms with E-state index in [-0.39, 0.29) is 29.5 Å². The molecule has 3 aromatic carbocycles. The molecular weight excluding hydrogens is 410 g/mol. The topological polar surface area (TPSA) is 41.6 Å². The number of carbonyl (C=O) groups excluding carboxylic acids is 1. The molecule has 6 heteroatoms. The van der Waals surface area contributed by atoms with E-state index in [0.717, 1.165) is 29.7 Å². The van der Waals surface area contributed by atoms with Crippen molar-refractivity contribution in [3.8, 4) is 5.75 Å². The number of nitrogens with zero attached hydrogens (tertiary/aromatic N) is 1. The lowest BCUT2D eigenvalue weighted by Gasteiger charge is -2.36. The second kappa shape index (κ2) is 9.81. The smallest absolute Gasteiger partial charge is 0.321 e. The number of amides is 2. The fraction of sp³-hybridized carbons (Fsp3) is 0.269. The van der Waals surface area contributed by atoms with Crippen LogP contribution in [-0.4, -0.2) is 31.1 Å². The minimum absolute atomic E-state index is 0.0167. The van der Waals surface area contributed by atoms with E-state index in [0.29, 0.717) is 18.8 Å². The molecule has 4 nitrogen and oxygen atoms in total. The van der Waals surface area contributed by atoms with Gasteiger partial charge in [0.2, 0.25) is 0 Å². The molecule has 1 aliphatic rings. The van der Waals surface area contributed by atoms with E-state index >= 15 is 0 Å². The number of urea groups is 1. The Kier molecular flexibility index (Phi) is 6.69. The number of ether oxygens (including phenoxy) is 1. The Bertz CT molecular complexity index is 983. The molecule has 1 fully saturated rings. The molecule has 0 saturated carbocycles. The van der Waals surface area contributed by atoms with E-state index in [2.05, 4.69) is 5.32 Å². The number of carbonyl (C=O) groups is 1. The third-order valence-corrected chi connectivity index (χ3v) is 6.10. The monoisotopic (exact) mass is 436 g/mol. The van der Waals surface area contributed by atoms with Crippen LogP contribution in [0.4, 0.5) is 19.3 Å². The van der Waals surface area contributed by atoms with Crippen LogP contribution in [0.15, 0.2) is 72.8 Å². The Hall–Kier alpha value is -3.41. The Balaban J connectivity index is 1.45. The summed E-state index contributed by atoms with van der Waals surface area (Å²) in [5.41, 5.74) is 2.71. The van der Waals surface area contributed by atoms with E-state index in [1.165, 1.54) is 24.3 Å². The van der Waals surface area contributed by atoms with Crippen LogP contribution in [0, 0.1) is 17.6 Å². The van der Waals surface area contributed by atoms with Gasteiger partial charge in [0.25, 0.3) is 0 Å². The van der Waals surface area contributed by atoms with Gasteiger partial charge in [-0.15, -0.1) is 0 Å². The molecule has 1 heterocycles. The summed E-state index contributed by atoms with van der Waals surface area (Å²) in [6.45, 7) is 1.23. The highest BCUT2D eigenvalue weighted by atomic mass is 19.1. The highest BCUT2D eigenvalue weighted by Crippen LogP contribution is 2.38. The van der Waals surface area contributed by atoms with Gasteiger partial charge in [0.05, 0.1) is 7.11 Å². The first kappa shape index (κ1) is 21.8. The predicted molar refractivity (Wildman–Crippen MR) is 121 cm³/mol. The highest BCUT2D eigenvalue weighted by molar-refractivity contribution is 5.89. The number of hydrogen-bond donors (Lipinski definition) is 1. The van der Waals surface area contributed by atoms with E-state index in [9.17, 15) is 13.6 Å². The molecule has 0 atom stereocenters. The molecule has 0 radical (unpaired) electrons. The van der Waals surface area contributed by atoms with Gasteiger partial charge in [0.15, 0.2) is 0 Å². The van der Waals surface area contributed by atoms with Crippen molar-refractivity contribution in [2.75, 3.05) is 25.5 Å². The third-order valence-electron chi connectivity index (χ3n) is 6.10. The van der Waals surface area contributed by atoms with Crippen LogP contribution in [0.25, 0.3) is 0 Å². The van der Waals surface area contributed by atoms with Crippen molar-refractivity contribution in [2.45, 2.75) is 18.8 Å². The number of nitrogens with one attached hydrogen (secondary N) is 1. The van der Waals surface area contributed by atoms with Crippen LogP contribution in [0.5, 0.6) is 5.75 Å². The lowest BCUT2D eigenvalue weighted by molar-refractivity contribution is 0.177. The molecule has 0 spiro atoms. The van der Waals surface area contributed by atoms with Crippen LogP contribution >= 0.6 is 0 Å². The van der Waals surface area contributed by atoms with Gasteiger partial charge >= 0.3 is 6.03 Å². The van der Waals surface area contributed by atoms with Crippen molar-refractivity contribution >= 4 is 11.7 Å². The average molecular weight is 437 g/mol. The normalized spacial score (nSPS) is 14.4. The lowest BCUT2D eigenvalue weighted by atomic mass is 9.76. The van der Waals surface area contributed by atoms with Gasteiger partial charge in [0, 0.05) is 24.7 Å². The first-order valence-electron chi connectivity index (χ1n) is 10.7. The van der Waals surface area contributed by atoms with Gasteiger partial charge in [-0.05, 0) is 78.4 Å². The summed E-state index contributed by atoms with van der Waals surface area (Å²) in [4.78, 5) is 14.5. The lowest BCUT2D eigenvalue weighted by Crippen LogP contribution is -2.42. The molecule has 166 valence electrons. The number of hydrogen-bond acceptors (Lipinski definition) is 2. The van der Waals surface area contributed by atoms with Gasteiger partial charge in [-0.1, -0.05) is 24.3 Å². The minimum Gasteiger partial charge on any atom is -0.497 e. The number of benzene rings is 3. The van der Waals surface area contributed by atoms with Gasteiger partial charge in [-0.3, -0.25) is 0 Å². The number of methoxy groups -OCH3 is 1. The van der Waals surface area contributed by atoms with Crippen LogP contribution < -0.4 is 10.1 Å². The zero-order chi connectivity index (χ0) is 22.5. The molecule has 3 aromatic rings. The van der Waals surface area contributed by atoms with Crippen molar-refractivity contribution < 1.29 is 18.3 Å². The number of piperidine rings is 1. The van der Waals surface area contributed by atoms with E-state index in [1.807, 2.05) is 17.0 Å². The van der Waals surface area contributed by atoms with E-state index in [1.54, 1.807) is 43.5 Å². The van der Waals surface area contributed by atoms with Crippen molar-refractivity contribution in [3.63, 3.8) is 0 Å². The summed E-state index contributed by atoms with van der Waals surface area (Å²) in [6.07, 6.45) is 1.60. The molecule has 0 aliphatic carbocycles. The predicted octanol–water partition coefficient (Wildman–Crippen LogP) is 6.05. The van der Waals surface area contributed by atoms with Crippen molar-refractivity contribution in [3.05, 3.63) is 95.6 Å². The first-order chi connectivity index (χ1) is 15.5. The van der Waals surface area contributed by atoms with Gasteiger partial charge in [0.1, 0.15) is 17.4 Å². The summed E-state index contributed by atoms with van der Waals surface area (Å²) < 4.78 is 32.1. The summed E-state index contributed by atoms with van der Waals surface area (Å²) in [5.74, 6) is 0.448. The maximum atomic E-state index is 13.5. The van der Waals surface area contributed by atoms with Crippen LogP contribution in [0.3, 0.4) is 0 Å². The Labute approximate surface area is 186 Å². The van der Waals surface area contributed by atoms with Crippen LogP contribution in [0.1, 0.15) is 29.9 Å².